The number of nitrogens with zero attached hydrogens (tertiary/aromatic N) is 3. The molecule has 2 heterocycles. The molecule has 3 rings (SSSR count). The van der Waals surface area contributed by atoms with E-state index in [0.717, 1.165) is 39.3 Å². The number of hydrogen-bond acceptors (Lipinski definition) is 7. The lowest BCUT2D eigenvalue weighted by atomic mass is 10.2. The van der Waals surface area contributed by atoms with Gasteiger partial charge in [-0.15, -0.1) is 0 Å². The minimum Gasteiger partial charge on any atom is -0.465 e. The zero-order valence-electron chi connectivity index (χ0n) is 16.6. The molecule has 2 amide bonds. The Morgan fingerprint density at radius 2 is 1.90 bits per heavy atom. The maximum Gasteiger partial charge on any atom is 0.326 e. The number of hydrogen-bond donors (Lipinski definition) is 0. The van der Waals surface area contributed by atoms with Crippen LogP contribution in [0, 0.1) is 24.0 Å². The predicted octanol–water partition coefficient (Wildman–Crippen LogP) is 3.60. The molecule has 0 N–H and O–H groups in total. The van der Waals surface area contributed by atoms with Crippen molar-refractivity contribution in [2.45, 2.75) is 20.8 Å². The quantitative estimate of drug-likeness (QED) is 0.298. The average Bonchev–Trinajstić information content (AvgIpc) is 3.12. The first-order valence-electron chi connectivity index (χ1n) is 9.07. The lowest BCUT2D eigenvalue weighted by Crippen LogP contribution is -2.34. The van der Waals surface area contributed by atoms with E-state index in [2.05, 4.69) is 0 Å². The van der Waals surface area contributed by atoms with E-state index in [1.807, 2.05) is 24.5 Å². The highest BCUT2D eigenvalue weighted by Crippen LogP contribution is 2.33. The van der Waals surface area contributed by atoms with Gasteiger partial charge in [0.2, 0.25) is 0 Å². The highest BCUT2D eigenvalue weighted by Gasteiger charge is 2.36. The summed E-state index contributed by atoms with van der Waals surface area (Å²) in [6.07, 6.45) is 1.61. The van der Waals surface area contributed by atoms with Crippen molar-refractivity contribution in [3.05, 3.63) is 62.3 Å². The van der Waals surface area contributed by atoms with Crippen molar-refractivity contribution in [1.29, 1.82) is 0 Å². The molecule has 0 bridgehead atoms. The van der Waals surface area contributed by atoms with Crippen LogP contribution in [0.4, 0.5) is 10.5 Å². The second kappa shape index (κ2) is 8.54. The maximum absolute atomic E-state index is 12.6. The van der Waals surface area contributed by atoms with Gasteiger partial charge in [-0.1, -0.05) is 0 Å². The fourth-order valence-electron chi connectivity index (χ4n) is 3.17. The number of nitro groups is 1. The molecule has 1 aliphatic rings. The van der Waals surface area contributed by atoms with Crippen LogP contribution in [-0.4, -0.2) is 44.7 Å². The minimum atomic E-state index is -0.641. The van der Waals surface area contributed by atoms with Crippen LogP contribution < -0.4 is 0 Å². The van der Waals surface area contributed by atoms with Crippen LogP contribution in [0.5, 0.6) is 0 Å². The Morgan fingerprint density at radius 3 is 2.50 bits per heavy atom. The van der Waals surface area contributed by atoms with E-state index in [1.165, 1.54) is 12.1 Å². The fourth-order valence-corrected chi connectivity index (χ4v) is 4.00. The molecule has 30 heavy (non-hydrogen) atoms. The van der Waals surface area contributed by atoms with E-state index < -0.39 is 28.6 Å². The van der Waals surface area contributed by atoms with Crippen molar-refractivity contribution in [2.75, 3.05) is 13.2 Å². The lowest BCUT2D eigenvalue weighted by Gasteiger charge is -2.10. The summed E-state index contributed by atoms with van der Waals surface area (Å²) in [6.45, 7) is 5.12. The van der Waals surface area contributed by atoms with E-state index in [-0.39, 0.29) is 17.2 Å². The molecule has 1 aromatic heterocycles. The first-order valence-corrected chi connectivity index (χ1v) is 9.89. The van der Waals surface area contributed by atoms with E-state index in [0.29, 0.717) is 0 Å². The van der Waals surface area contributed by atoms with Gasteiger partial charge in [0.15, 0.2) is 0 Å². The van der Waals surface area contributed by atoms with Gasteiger partial charge in [-0.25, -0.2) is 0 Å². The largest absolute Gasteiger partial charge is 0.465 e. The number of aromatic nitrogens is 1. The molecule has 10 heteroatoms. The minimum absolute atomic E-state index is 0.00305. The van der Waals surface area contributed by atoms with Crippen molar-refractivity contribution in [2.24, 2.45) is 0 Å². The number of nitro benzene ring substituents is 1. The van der Waals surface area contributed by atoms with E-state index in [1.54, 1.807) is 25.1 Å². The molecule has 1 fully saturated rings. The Labute approximate surface area is 176 Å². The van der Waals surface area contributed by atoms with Crippen LogP contribution >= 0.6 is 11.8 Å². The highest BCUT2D eigenvalue weighted by atomic mass is 32.2. The number of carbonyl (C=O) groups excluding carboxylic acids is 3. The van der Waals surface area contributed by atoms with Crippen LogP contribution in [0.15, 0.2) is 35.2 Å². The Kier molecular flexibility index (Phi) is 6.06. The Bertz CT molecular complexity index is 1070. The summed E-state index contributed by atoms with van der Waals surface area (Å²) in [5.41, 5.74) is 3.13. The number of aryl methyl sites for hydroxylation is 1. The first-order chi connectivity index (χ1) is 14.2. The van der Waals surface area contributed by atoms with Crippen molar-refractivity contribution < 1.29 is 24.0 Å². The monoisotopic (exact) mass is 429 g/mol. The van der Waals surface area contributed by atoms with Crippen LogP contribution in [0.1, 0.15) is 23.9 Å². The van der Waals surface area contributed by atoms with E-state index >= 15 is 0 Å². The summed E-state index contributed by atoms with van der Waals surface area (Å²) < 4.78 is 6.71. The molecule has 0 spiro atoms. The van der Waals surface area contributed by atoms with Gasteiger partial charge in [0.1, 0.15) is 6.54 Å². The number of carbonyl (C=O) groups is 3. The molecular formula is C20H19N3O6S. The number of thioether (sulfide) groups is 1. The summed E-state index contributed by atoms with van der Waals surface area (Å²) in [5, 5.41) is 10.3. The normalized spacial score (nSPS) is 15.2. The molecule has 0 aliphatic carbocycles. The standard InChI is InChI=1S/C20H19N3O6S/c1-4-29-18(24)11-21-19(25)17(30-20(21)26)10-14-9-12(2)22(13(14)3)15-5-7-16(8-6-15)23(27)28/h5-10H,4,11H2,1-3H3. The molecule has 0 saturated carbocycles. The summed E-state index contributed by atoms with van der Waals surface area (Å²) in [7, 11) is 0. The van der Waals surface area contributed by atoms with Gasteiger partial charge in [-0.2, -0.15) is 0 Å². The maximum atomic E-state index is 12.6. The molecule has 2 aromatic rings. The van der Waals surface area contributed by atoms with Gasteiger partial charge >= 0.3 is 5.97 Å². The molecule has 1 saturated heterocycles. The van der Waals surface area contributed by atoms with E-state index in [4.69, 9.17) is 4.74 Å². The average molecular weight is 429 g/mol. The third kappa shape index (κ3) is 4.13. The van der Waals surface area contributed by atoms with Gasteiger partial charge in [-0.05, 0) is 62.4 Å². The first kappa shape index (κ1) is 21.3. The molecule has 0 radical (unpaired) electrons. The fraction of sp³-hybridized carbons (Fsp3) is 0.250. The van der Waals surface area contributed by atoms with Crippen molar-refractivity contribution in [3.63, 3.8) is 0 Å². The van der Waals surface area contributed by atoms with Gasteiger partial charge in [0, 0.05) is 29.2 Å². The van der Waals surface area contributed by atoms with Crippen molar-refractivity contribution in [3.8, 4) is 5.69 Å². The highest BCUT2D eigenvalue weighted by molar-refractivity contribution is 8.18. The molecule has 0 unspecified atom stereocenters. The third-order valence-corrected chi connectivity index (χ3v) is 5.45. The Balaban J connectivity index is 1.89. The predicted molar refractivity (Wildman–Crippen MR) is 111 cm³/mol. The zero-order chi connectivity index (χ0) is 22.0. The summed E-state index contributed by atoms with van der Waals surface area (Å²) >= 11 is 0.768. The van der Waals surface area contributed by atoms with Gasteiger partial charge < -0.3 is 9.30 Å². The van der Waals surface area contributed by atoms with Crippen LogP contribution in [-0.2, 0) is 14.3 Å². The second-order valence-electron chi connectivity index (χ2n) is 6.51. The Morgan fingerprint density at radius 1 is 1.23 bits per heavy atom. The van der Waals surface area contributed by atoms with Crippen molar-refractivity contribution in [1.82, 2.24) is 9.47 Å². The SMILES string of the molecule is CCOC(=O)CN1C(=O)SC(=Cc2cc(C)n(-c3ccc([N+](=O)[O-])cc3)c2C)C1=O. The van der Waals surface area contributed by atoms with Crippen LogP contribution in [0.25, 0.3) is 11.8 Å². The van der Waals surface area contributed by atoms with Gasteiger partial charge in [-0.3, -0.25) is 29.4 Å². The summed E-state index contributed by atoms with van der Waals surface area (Å²) in [4.78, 5) is 47.8. The number of amides is 2. The number of rotatable bonds is 6. The van der Waals surface area contributed by atoms with Crippen LogP contribution in [0.3, 0.4) is 0 Å². The van der Waals surface area contributed by atoms with Gasteiger partial charge in [0.05, 0.1) is 16.4 Å². The third-order valence-electron chi connectivity index (χ3n) is 4.54. The molecule has 1 aliphatic heterocycles. The molecule has 1 aromatic carbocycles. The molecule has 156 valence electrons. The van der Waals surface area contributed by atoms with Crippen LogP contribution in [0.2, 0.25) is 0 Å². The topological polar surface area (TPSA) is 112 Å². The number of imide groups is 1. The number of non-ortho nitro benzene ring substituents is 1. The lowest BCUT2D eigenvalue weighted by molar-refractivity contribution is -0.384. The summed E-state index contributed by atoms with van der Waals surface area (Å²) in [5.74, 6) is -1.18. The Hall–Kier alpha value is -3.40. The molecule has 0 atom stereocenters. The van der Waals surface area contributed by atoms with E-state index in [9.17, 15) is 24.5 Å². The number of esters is 1. The van der Waals surface area contributed by atoms with Crippen molar-refractivity contribution >= 4 is 40.6 Å². The smallest absolute Gasteiger partial charge is 0.326 e. The zero-order valence-corrected chi connectivity index (χ0v) is 17.4. The molecule has 9 nitrogen and oxygen atoms in total. The summed E-state index contributed by atoms with van der Waals surface area (Å²) in [6, 6.07) is 8.00. The second-order valence-corrected chi connectivity index (χ2v) is 7.50. The molecular weight excluding hydrogens is 410 g/mol. The van der Waals surface area contributed by atoms with Gasteiger partial charge in [0.25, 0.3) is 16.8 Å². The number of ether oxygens (including phenoxy) is 1. The number of benzene rings is 1.